The van der Waals surface area contributed by atoms with Crippen molar-refractivity contribution in [2.45, 2.75) is 56.8 Å². The van der Waals surface area contributed by atoms with Gasteiger partial charge in [-0.25, -0.2) is 9.97 Å². The van der Waals surface area contributed by atoms with Crippen molar-refractivity contribution in [2.75, 3.05) is 39.3 Å². The van der Waals surface area contributed by atoms with Gasteiger partial charge in [0.25, 0.3) is 0 Å². The number of aliphatic hydroxyl groups is 2. The molecule has 0 saturated carbocycles. The number of ketones is 1. The van der Waals surface area contributed by atoms with E-state index in [1.54, 1.807) is 48.0 Å². The minimum absolute atomic E-state index is 0.00657. The van der Waals surface area contributed by atoms with Crippen molar-refractivity contribution < 1.29 is 42.5 Å². The van der Waals surface area contributed by atoms with Gasteiger partial charge in [0.2, 0.25) is 11.8 Å². The number of β-amino-alcohol motifs (C(OH)–C–C–N with tert-alkyl or cyclic N) is 1. The molecule has 2 aromatic heterocycles. The summed E-state index contributed by atoms with van der Waals surface area (Å²) in [6.45, 7) is 1.26. The van der Waals surface area contributed by atoms with E-state index < -0.39 is 48.8 Å². The zero-order valence-corrected chi connectivity index (χ0v) is 36.4. The maximum absolute atomic E-state index is 13.9. The third kappa shape index (κ3) is 13.0. The lowest BCUT2D eigenvalue weighted by Gasteiger charge is -2.41. The fourth-order valence-electron chi connectivity index (χ4n) is 8.10. The molecule has 0 unspecified atom stereocenters. The Morgan fingerprint density at radius 1 is 0.833 bits per heavy atom. The first kappa shape index (κ1) is 47.3. The molecule has 66 heavy (non-hydrogen) atoms. The van der Waals surface area contributed by atoms with Gasteiger partial charge in [-0.05, 0) is 48.7 Å². The number of carbonyl (C=O) groups excluding carboxylic acids is 3. The van der Waals surface area contributed by atoms with Crippen molar-refractivity contribution in [3.8, 4) is 17.1 Å². The molecular weight excluding hydrogens is 854 g/mol. The molecule has 5 atom stereocenters. The van der Waals surface area contributed by atoms with Gasteiger partial charge in [-0.2, -0.15) is 13.2 Å². The highest BCUT2D eigenvalue weighted by Crippen LogP contribution is 2.32. The van der Waals surface area contributed by atoms with Crippen molar-refractivity contribution >= 4 is 17.6 Å². The smallest absolute Gasteiger partial charge is 0.405 e. The predicted molar refractivity (Wildman–Crippen MR) is 240 cm³/mol. The highest BCUT2D eigenvalue weighted by Gasteiger charge is 2.38. The number of nitrogens with one attached hydrogen (secondary N) is 2. The molecule has 8 rings (SSSR count). The lowest BCUT2D eigenvalue weighted by molar-refractivity contribution is -0.143. The number of para-hydroxylation sites is 3. The first-order valence-corrected chi connectivity index (χ1v) is 21.7. The van der Waals surface area contributed by atoms with Crippen molar-refractivity contribution in [3.05, 3.63) is 163 Å². The third-order valence-corrected chi connectivity index (χ3v) is 11.5. The van der Waals surface area contributed by atoms with E-state index in [0.717, 1.165) is 22.6 Å². The quantitative estimate of drug-likeness (QED) is 0.0990. The average molecular weight is 907 g/mol. The summed E-state index contributed by atoms with van der Waals surface area (Å²) in [4.78, 5) is 50.3. The van der Waals surface area contributed by atoms with Gasteiger partial charge in [0.05, 0.1) is 24.2 Å². The SMILES string of the molecule is CC(=O)c1cn(-c2ccccc2)cn1.O=C(N[C@H]1c2ccccc2OC[C@H]1O)[C@H](Cc1ccccc1)C[C@H](O)CN1CCN(Cc2cn(-c3ccccc3)cn2)C[C@H]1C(=O)NCC(F)(F)F. The number of aromatic nitrogens is 4. The predicted octanol–water partition coefficient (Wildman–Crippen LogP) is 5.33. The first-order valence-electron chi connectivity index (χ1n) is 21.7. The van der Waals surface area contributed by atoms with Gasteiger partial charge in [-0.15, -0.1) is 0 Å². The molecule has 1 fully saturated rings. The molecule has 2 amide bonds. The molecule has 4 aromatic carbocycles. The summed E-state index contributed by atoms with van der Waals surface area (Å²) >= 11 is 0. The average Bonchev–Trinajstić information content (AvgIpc) is 4.02. The molecule has 4 N–H and O–H groups in total. The summed E-state index contributed by atoms with van der Waals surface area (Å²) in [6, 6.07) is 34.2. The normalized spacial score (nSPS) is 18.4. The van der Waals surface area contributed by atoms with Gasteiger partial charge >= 0.3 is 6.18 Å². The molecule has 2 aliphatic heterocycles. The number of Topliss-reactive ketones (excluding diaryl/α,β-unsaturated/α-hetero) is 1. The van der Waals surface area contributed by atoms with Crippen LogP contribution >= 0.6 is 0 Å². The molecule has 6 aromatic rings. The van der Waals surface area contributed by atoms with Crippen LogP contribution in [0.5, 0.6) is 5.75 Å². The summed E-state index contributed by atoms with van der Waals surface area (Å²) in [5.74, 6) is -1.34. The van der Waals surface area contributed by atoms with E-state index in [9.17, 15) is 37.8 Å². The Morgan fingerprint density at radius 2 is 1.45 bits per heavy atom. The number of hydrogen-bond acceptors (Lipinski definition) is 10. The van der Waals surface area contributed by atoms with Gasteiger partial charge in [0.1, 0.15) is 43.1 Å². The van der Waals surface area contributed by atoms with E-state index in [2.05, 4.69) is 15.3 Å². The maximum atomic E-state index is 13.9. The van der Waals surface area contributed by atoms with Crippen molar-refractivity contribution in [1.29, 1.82) is 0 Å². The van der Waals surface area contributed by atoms with Crippen LogP contribution in [0.25, 0.3) is 11.4 Å². The number of alkyl halides is 3. The fourth-order valence-corrected chi connectivity index (χ4v) is 8.10. The summed E-state index contributed by atoms with van der Waals surface area (Å²) < 4.78 is 48.7. The van der Waals surface area contributed by atoms with E-state index in [1.807, 2.05) is 117 Å². The Kier molecular flexibility index (Phi) is 15.8. The number of benzene rings is 4. The Balaban J connectivity index is 0.000000392. The summed E-state index contributed by atoms with van der Waals surface area (Å²) in [5, 5.41) is 27.2. The van der Waals surface area contributed by atoms with Crippen molar-refractivity contribution in [1.82, 2.24) is 39.5 Å². The van der Waals surface area contributed by atoms with Crippen LogP contribution in [0.3, 0.4) is 0 Å². The van der Waals surface area contributed by atoms with Crippen LogP contribution in [0, 0.1) is 5.92 Å². The van der Waals surface area contributed by atoms with E-state index in [4.69, 9.17) is 4.74 Å². The number of nitrogens with zero attached hydrogens (tertiary/aromatic N) is 6. The molecule has 0 spiro atoms. The number of aliphatic hydroxyl groups excluding tert-OH is 2. The fraction of sp³-hybridized carbons (Fsp3) is 0.327. The Hall–Kier alpha value is -6.66. The molecular formula is C49H53F3N8O6. The van der Waals surface area contributed by atoms with Crippen LogP contribution < -0.4 is 15.4 Å². The third-order valence-electron chi connectivity index (χ3n) is 11.5. The van der Waals surface area contributed by atoms with E-state index in [-0.39, 0.29) is 37.8 Å². The molecule has 17 heteroatoms. The topological polar surface area (TPSA) is 167 Å². The van der Waals surface area contributed by atoms with Crippen LogP contribution in [0.1, 0.15) is 46.7 Å². The summed E-state index contributed by atoms with van der Waals surface area (Å²) in [7, 11) is 0. The number of rotatable bonds is 15. The molecule has 346 valence electrons. The number of fused-ring (bicyclic) bond motifs is 1. The molecule has 4 heterocycles. The molecule has 1 saturated heterocycles. The summed E-state index contributed by atoms with van der Waals surface area (Å²) in [5.41, 5.74) is 4.68. The lowest BCUT2D eigenvalue weighted by atomic mass is 9.90. The van der Waals surface area contributed by atoms with Gasteiger partial charge in [-0.1, -0.05) is 84.9 Å². The highest BCUT2D eigenvalue weighted by molar-refractivity contribution is 5.91. The maximum Gasteiger partial charge on any atom is 0.405 e. The van der Waals surface area contributed by atoms with E-state index in [1.165, 1.54) is 6.92 Å². The number of carbonyl (C=O) groups is 3. The van der Waals surface area contributed by atoms with Crippen molar-refractivity contribution in [3.63, 3.8) is 0 Å². The Morgan fingerprint density at radius 3 is 2.11 bits per heavy atom. The number of imidazole rings is 2. The zero-order chi connectivity index (χ0) is 46.6. The number of piperazine rings is 1. The van der Waals surface area contributed by atoms with Crippen LogP contribution in [0.4, 0.5) is 13.2 Å². The molecule has 2 aliphatic rings. The number of hydrogen-bond donors (Lipinski definition) is 4. The molecule has 0 aliphatic carbocycles. The van der Waals surface area contributed by atoms with E-state index in [0.29, 0.717) is 43.1 Å². The monoisotopic (exact) mass is 906 g/mol. The largest absolute Gasteiger partial charge is 0.490 e. The van der Waals surface area contributed by atoms with Gasteiger partial charge in [-0.3, -0.25) is 24.2 Å². The Bertz CT molecular complexity index is 2500. The molecule has 14 nitrogen and oxygen atoms in total. The van der Waals surface area contributed by atoms with Crippen LogP contribution in [0.15, 0.2) is 140 Å². The van der Waals surface area contributed by atoms with Crippen LogP contribution in [0.2, 0.25) is 0 Å². The number of ether oxygens (including phenoxy) is 1. The lowest BCUT2D eigenvalue weighted by Crippen LogP contribution is -2.60. The minimum Gasteiger partial charge on any atom is -0.490 e. The van der Waals surface area contributed by atoms with Gasteiger partial charge in [0.15, 0.2) is 5.78 Å². The second-order valence-electron chi connectivity index (χ2n) is 16.4. The standard InChI is InChI=1S/C38H43F3N6O5.C11H10N2O/c39-38(40,41)24-42-37(51)32-22-45(19-28-20-47(25-43-28)29-11-5-2-6-12-29)15-16-46(32)21-30(48)18-27(17-26-9-3-1-4-10-26)36(50)44-35-31-13-7-8-14-34(31)52-23-33(35)49;1-9(14)11-7-13(8-12-11)10-5-3-2-4-6-10/h1-14,20,25,27,30,32-33,35,48-49H,15-19,21-24H2,(H,42,51)(H,44,50);2-8H,1H3/t27-,30+,32+,33-,35+;/m1./s1. The molecule has 0 bridgehead atoms. The minimum atomic E-state index is -4.59. The number of amides is 2. The van der Waals surface area contributed by atoms with E-state index >= 15 is 0 Å². The first-order chi connectivity index (χ1) is 31.8. The Labute approximate surface area is 380 Å². The molecule has 0 radical (unpaired) electrons. The summed E-state index contributed by atoms with van der Waals surface area (Å²) in [6.07, 6.45) is 0.574. The number of halogens is 3. The van der Waals surface area contributed by atoms with Gasteiger partial charge < -0.3 is 34.7 Å². The second-order valence-corrected chi connectivity index (χ2v) is 16.4. The highest BCUT2D eigenvalue weighted by atomic mass is 19.4. The van der Waals surface area contributed by atoms with Crippen LogP contribution in [-0.4, -0.2) is 120 Å². The second kappa shape index (κ2) is 22.0. The van der Waals surface area contributed by atoms with Crippen molar-refractivity contribution in [2.24, 2.45) is 5.92 Å². The van der Waals surface area contributed by atoms with Gasteiger partial charge in [0, 0.05) is 74.9 Å². The van der Waals surface area contributed by atoms with Crippen LogP contribution in [-0.2, 0) is 22.6 Å². The zero-order valence-electron chi connectivity index (χ0n) is 36.4.